The summed E-state index contributed by atoms with van der Waals surface area (Å²) in [4.78, 5) is 45.5. The molecular formula is C37H43ClN10O5. The van der Waals surface area contributed by atoms with Crippen molar-refractivity contribution in [2.45, 2.75) is 55.6 Å². The fourth-order valence-corrected chi connectivity index (χ4v) is 7.06. The van der Waals surface area contributed by atoms with E-state index in [1.807, 2.05) is 59.5 Å². The number of nitrogens with one attached hydrogen (secondary N) is 4. The van der Waals surface area contributed by atoms with Crippen molar-refractivity contribution in [3.8, 4) is 0 Å². The zero-order valence-corrected chi connectivity index (χ0v) is 29.6. The summed E-state index contributed by atoms with van der Waals surface area (Å²) in [5.41, 5.74) is 3.94. The van der Waals surface area contributed by atoms with Gasteiger partial charge in [0.15, 0.2) is 17.0 Å². The van der Waals surface area contributed by atoms with E-state index in [-0.39, 0.29) is 36.8 Å². The number of nitrogens with zero attached hydrogens (tertiary/aromatic N) is 6. The van der Waals surface area contributed by atoms with Crippen molar-refractivity contribution in [3.05, 3.63) is 108 Å². The lowest BCUT2D eigenvalue weighted by molar-refractivity contribution is -0.125. The number of halogens is 1. The van der Waals surface area contributed by atoms with Crippen LogP contribution in [0, 0.1) is 0 Å². The molecule has 7 rings (SSSR count). The SMILES string of the molecule is Cl.O=C(CO)N[C@H]1C[C@@H](n2cnc3c(NCC(c4ccccc4)c4ccccc4)nc(N4CCC(NC(=O)NCc5ccccn5)C4)nc32)[C@H](O)[C@@H]1O. The molecule has 0 spiro atoms. The number of aromatic nitrogens is 5. The third-order valence-corrected chi connectivity index (χ3v) is 9.75. The van der Waals surface area contributed by atoms with Gasteiger partial charge in [0.1, 0.15) is 18.8 Å². The number of anilines is 2. The Balaban J connectivity index is 0.00000481. The van der Waals surface area contributed by atoms with E-state index < -0.39 is 36.8 Å². The Kier molecular flexibility index (Phi) is 12.0. The second-order valence-corrected chi connectivity index (χ2v) is 13.1. The number of fused-ring (bicyclic) bond motifs is 1. The Bertz CT molecular complexity index is 1930. The molecule has 4 heterocycles. The van der Waals surface area contributed by atoms with Gasteiger partial charge >= 0.3 is 6.03 Å². The number of carbonyl (C=O) groups is 2. The van der Waals surface area contributed by atoms with E-state index in [9.17, 15) is 24.9 Å². The van der Waals surface area contributed by atoms with Gasteiger partial charge in [-0.25, -0.2) is 9.78 Å². The molecule has 2 fully saturated rings. The second-order valence-electron chi connectivity index (χ2n) is 13.1. The Morgan fingerprint density at radius 1 is 0.887 bits per heavy atom. The van der Waals surface area contributed by atoms with Crippen molar-refractivity contribution < 1.29 is 24.9 Å². The minimum absolute atomic E-state index is 0. The molecule has 16 heteroatoms. The topological polar surface area (TPSA) is 203 Å². The number of hydrogen-bond donors (Lipinski definition) is 7. The van der Waals surface area contributed by atoms with E-state index in [4.69, 9.17) is 9.97 Å². The molecule has 0 bridgehead atoms. The van der Waals surface area contributed by atoms with Crippen LogP contribution in [0.15, 0.2) is 91.4 Å². The van der Waals surface area contributed by atoms with Crippen LogP contribution in [0.25, 0.3) is 11.2 Å². The average Bonchev–Trinajstić information content (AvgIpc) is 3.90. The molecule has 1 aliphatic carbocycles. The highest BCUT2D eigenvalue weighted by molar-refractivity contribution is 5.85. The Morgan fingerprint density at radius 2 is 1.60 bits per heavy atom. The Labute approximate surface area is 312 Å². The number of rotatable bonds is 12. The fourth-order valence-electron chi connectivity index (χ4n) is 7.06. The number of carbonyl (C=O) groups excluding carboxylic acids is 2. The third-order valence-electron chi connectivity index (χ3n) is 9.75. The smallest absolute Gasteiger partial charge is 0.315 e. The van der Waals surface area contributed by atoms with Crippen LogP contribution in [0.3, 0.4) is 0 Å². The normalized spacial score (nSPS) is 21.0. The van der Waals surface area contributed by atoms with Crippen molar-refractivity contribution in [3.63, 3.8) is 0 Å². The number of aliphatic hydroxyl groups is 3. The molecular weight excluding hydrogens is 700 g/mol. The molecule has 278 valence electrons. The van der Waals surface area contributed by atoms with Gasteiger partial charge in [-0.05, 0) is 36.1 Å². The highest BCUT2D eigenvalue weighted by Gasteiger charge is 2.44. The first-order chi connectivity index (χ1) is 25.4. The average molecular weight is 743 g/mol. The lowest BCUT2D eigenvalue weighted by Crippen LogP contribution is -2.44. The molecule has 3 amide bonds. The van der Waals surface area contributed by atoms with E-state index in [0.717, 1.165) is 16.8 Å². The molecule has 1 aliphatic heterocycles. The van der Waals surface area contributed by atoms with Crippen molar-refractivity contribution >= 4 is 47.3 Å². The maximum absolute atomic E-state index is 12.7. The van der Waals surface area contributed by atoms with E-state index in [1.54, 1.807) is 17.1 Å². The summed E-state index contributed by atoms with van der Waals surface area (Å²) in [6, 6.07) is 24.1. The monoisotopic (exact) mass is 742 g/mol. The molecule has 0 radical (unpaired) electrons. The molecule has 7 N–H and O–H groups in total. The number of imidazole rings is 1. The molecule has 53 heavy (non-hydrogen) atoms. The summed E-state index contributed by atoms with van der Waals surface area (Å²) < 4.78 is 1.72. The van der Waals surface area contributed by atoms with Crippen LogP contribution in [-0.4, -0.2) is 102 Å². The summed E-state index contributed by atoms with van der Waals surface area (Å²) in [7, 11) is 0. The molecule has 1 saturated heterocycles. The first kappa shape index (κ1) is 37.4. The molecule has 3 aromatic heterocycles. The van der Waals surface area contributed by atoms with Crippen LogP contribution in [0.4, 0.5) is 16.6 Å². The lowest BCUT2D eigenvalue weighted by Gasteiger charge is -2.22. The summed E-state index contributed by atoms with van der Waals surface area (Å²) in [6.45, 7) is 1.12. The largest absolute Gasteiger partial charge is 0.388 e. The van der Waals surface area contributed by atoms with Crippen molar-refractivity contribution in [1.29, 1.82) is 0 Å². The van der Waals surface area contributed by atoms with E-state index in [0.29, 0.717) is 55.5 Å². The predicted molar refractivity (Wildman–Crippen MR) is 201 cm³/mol. The highest BCUT2D eigenvalue weighted by atomic mass is 35.5. The molecule has 1 saturated carbocycles. The minimum atomic E-state index is -1.26. The van der Waals surface area contributed by atoms with Crippen molar-refractivity contribution in [2.75, 3.05) is 36.5 Å². The predicted octanol–water partition coefficient (Wildman–Crippen LogP) is 2.11. The zero-order chi connectivity index (χ0) is 36.0. The summed E-state index contributed by atoms with van der Waals surface area (Å²) in [6.07, 6.45) is 1.61. The first-order valence-corrected chi connectivity index (χ1v) is 17.4. The fraction of sp³-hybridized carbons (Fsp3) is 0.351. The highest BCUT2D eigenvalue weighted by Crippen LogP contribution is 2.35. The maximum Gasteiger partial charge on any atom is 0.315 e. The third kappa shape index (κ3) is 8.49. The van der Waals surface area contributed by atoms with Crippen molar-refractivity contribution in [1.82, 2.24) is 40.5 Å². The second kappa shape index (κ2) is 17.0. The van der Waals surface area contributed by atoms with E-state index in [1.165, 1.54) is 0 Å². The van der Waals surface area contributed by atoms with E-state index in [2.05, 4.69) is 55.5 Å². The number of benzene rings is 2. The molecule has 1 unspecified atom stereocenters. The van der Waals surface area contributed by atoms with Gasteiger partial charge in [-0.1, -0.05) is 66.7 Å². The minimum Gasteiger partial charge on any atom is -0.388 e. The number of urea groups is 1. The summed E-state index contributed by atoms with van der Waals surface area (Å²) in [5, 5.41) is 43.2. The molecule has 15 nitrogen and oxygen atoms in total. The quantitative estimate of drug-likeness (QED) is 0.0987. The first-order valence-electron chi connectivity index (χ1n) is 17.4. The Morgan fingerprint density at radius 3 is 2.28 bits per heavy atom. The molecule has 5 atom stereocenters. The van der Waals surface area contributed by atoms with Crippen LogP contribution < -0.4 is 26.2 Å². The number of amides is 3. The Hall–Kier alpha value is -5.35. The van der Waals surface area contributed by atoms with Gasteiger partial charge in [0.2, 0.25) is 11.9 Å². The van der Waals surface area contributed by atoms with Crippen LogP contribution in [0.5, 0.6) is 0 Å². The van der Waals surface area contributed by atoms with E-state index >= 15 is 0 Å². The summed E-state index contributed by atoms with van der Waals surface area (Å²) >= 11 is 0. The number of pyridine rings is 1. The lowest BCUT2D eigenvalue weighted by atomic mass is 9.91. The number of hydrogen-bond acceptors (Lipinski definition) is 11. The molecule has 2 aromatic carbocycles. The molecule has 5 aromatic rings. The van der Waals surface area contributed by atoms with Crippen LogP contribution in [0.1, 0.15) is 41.6 Å². The zero-order valence-electron chi connectivity index (χ0n) is 28.8. The number of aliphatic hydroxyl groups excluding tert-OH is 3. The van der Waals surface area contributed by atoms with Crippen LogP contribution in [-0.2, 0) is 11.3 Å². The van der Waals surface area contributed by atoms with Crippen LogP contribution >= 0.6 is 12.4 Å². The van der Waals surface area contributed by atoms with Gasteiger partial charge in [0.25, 0.3) is 0 Å². The van der Waals surface area contributed by atoms with Gasteiger partial charge in [0, 0.05) is 37.8 Å². The van der Waals surface area contributed by atoms with Gasteiger partial charge in [-0.15, -0.1) is 12.4 Å². The van der Waals surface area contributed by atoms with Gasteiger partial charge < -0.3 is 46.1 Å². The molecule has 2 aliphatic rings. The van der Waals surface area contributed by atoms with Gasteiger partial charge in [0.05, 0.1) is 30.6 Å². The van der Waals surface area contributed by atoms with Crippen LogP contribution in [0.2, 0.25) is 0 Å². The van der Waals surface area contributed by atoms with Gasteiger partial charge in [-0.3, -0.25) is 9.78 Å². The standard InChI is InChI=1S/C37H42N10O5.ClH/c48-21-30(49)43-28-17-29(33(51)32(28)50)47-22-41-31-34(39-19-27(23-9-3-1-4-10-23)24-11-5-2-6-12-24)44-36(45-35(31)47)46-16-14-26(20-46)42-37(52)40-18-25-13-7-8-15-38-25;/h1-13,15,22,26-29,32-33,48,50-51H,14,16-21H2,(H,43,49)(H,39,44,45)(H2,40,42,52);1H/t26?,28-,29+,32+,33-;/m0./s1. The van der Waals surface area contributed by atoms with Gasteiger partial charge in [-0.2, -0.15) is 9.97 Å². The van der Waals surface area contributed by atoms with Crippen molar-refractivity contribution in [2.24, 2.45) is 0 Å². The maximum atomic E-state index is 12.7. The summed E-state index contributed by atoms with van der Waals surface area (Å²) in [5.74, 6) is 0.269.